The Hall–Kier alpha value is -0.610. The minimum Gasteiger partial charge on any atom is -0.381 e. The van der Waals surface area contributed by atoms with Gasteiger partial charge in [0.25, 0.3) is 0 Å². The van der Waals surface area contributed by atoms with Gasteiger partial charge in [-0.1, -0.05) is 19.3 Å². The molecule has 19 heavy (non-hydrogen) atoms. The molecule has 1 saturated carbocycles. The summed E-state index contributed by atoms with van der Waals surface area (Å²) in [5, 5.41) is 6.75. The van der Waals surface area contributed by atoms with Crippen LogP contribution in [-0.2, 0) is 9.53 Å². The highest BCUT2D eigenvalue weighted by atomic mass is 16.5. The van der Waals surface area contributed by atoms with Crippen LogP contribution in [0.3, 0.4) is 0 Å². The summed E-state index contributed by atoms with van der Waals surface area (Å²) in [5.41, 5.74) is 0.164. The van der Waals surface area contributed by atoms with Crippen LogP contribution in [0.25, 0.3) is 0 Å². The molecule has 108 valence electrons. The molecule has 2 N–H and O–H groups in total. The predicted octanol–water partition coefficient (Wildman–Crippen LogP) is 1.45. The minimum absolute atomic E-state index is 0.151. The predicted molar refractivity (Wildman–Crippen MR) is 73.9 cm³/mol. The van der Waals surface area contributed by atoms with Crippen molar-refractivity contribution in [3.8, 4) is 0 Å². The molecule has 1 amide bonds. The summed E-state index contributed by atoms with van der Waals surface area (Å²) in [6.07, 6.45) is 8.27. The highest BCUT2D eigenvalue weighted by Gasteiger charge is 2.47. The van der Waals surface area contributed by atoms with Crippen molar-refractivity contribution in [1.29, 1.82) is 0 Å². The molecule has 0 radical (unpaired) electrons. The molecule has 0 unspecified atom stereocenters. The van der Waals surface area contributed by atoms with E-state index in [0.717, 1.165) is 39.1 Å². The highest BCUT2D eigenvalue weighted by Crippen LogP contribution is 2.41. The molecule has 0 aromatic carbocycles. The Bertz CT molecular complexity index is 320. The van der Waals surface area contributed by atoms with Crippen LogP contribution in [-0.4, -0.2) is 38.3 Å². The fraction of sp³-hybridized carbons (Fsp3) is 0.933. The van der Waals surface area contributed by atoms with E-state index in [1.54, 1.807) is 0 Å². The standard InChI is InChI=1S/C15H26N2O2/c18-14(17-12-4-2-1-3-5-12)13-10-16-11-15(13)6-8-19-9-7-15/h12-13,16H,1-11H2,(H,17,18)/t13-/m0/s1. The smallest absolute Gasteiger partial charge is 0.225 e. The lowest BCUT2D eigenvalue weighted by Crippen LogP contribution is -2.47. The van der Waals surface area contributed by atoms with E-state index in [-0.39, 0.29) is 11.3 Å². The monoisotopic (exact) mass is 266 g/mol. The first-order valence-electron chi connectivity index (χ1n) is 7.89. The number of carbonyl (C=O) groups is 1. The molecule has 3 rings (SSSR count). The second-order valence-corrected chi connectivity index (χ2v) is 6.50. The van der Waals surface area contributed by atoms with E-state index in [9.17, 15) is 4.79 Å². The Morgan fingerprint density at radius 3 is 2.63 bits per heavy atom. The van der Waals surface area contributed by atoms with E-state index in [4.69, 9.17) is 4.74 Å². The van der Waals surface area contributed by atoms with E-state index >= 15 is 0 Å². The third-order valence-electron chi connectivity index (χ3n) is 5.32. The zero-order valence-electron chi connectivity index (χ0n) is 11.7. The summed E-state index contributed by atoms with van der Waals surface area (Å²) < 4.78 is 5.47. The van der Waals surface area contributed by atoms with Gasteiger partial charge in [-0.2, -0.15) is 0 Å². The maximum Gasteiger partial charge on any atom is 0.225 e. The van der Waals surface area contributed by atoms with Gasteiger partial charge in [-0.15, -0.1) is 0 Å². The molecule has 1 aliphatic carbocycles. The third kappa shape index (κ3) is 2.79. The largest absolute Gasteiger partial charge is 0.381 e. The van der Waals surface area contributed by atoms with Crippen molar-refractivity contribution in [2.24, 2.45) is 11.3 Å². The van der Waals surface area contributed by atoms with Crippen molar-refractivity contribution in [1.82, 2.24) is 10.6 Å². The second kappa shape index (κ2) is 5.80. The fourth-order valence-electron chi connectivity index (χ4n) is 4.03. The van der Waals surface area contributed by atoms with Gasteiger partial charge in [0, 0.05) is 32.3 Å². The van der Waals surface area contributed by atoms with Crippen LogP contribution in [0.5, 0.6) is 0 Å². The first kappa shape index (κ1) is 13.4. The Labute approximate surface area is 115 Å². The quantitative estimate of drug-likeness (QED) is 0.795. The highest BCUT2D eigenvalue weighted by molar-refractivity contribution is 5.80. The molecule has 2 heterocycles. The average molecular weight is 266 g/mol. The van der Waals surface area contributed by atoms with Crippen LogP contribution >= 0.6 is 0 Å². The lowest BCUT2D eigenvalue weighted by atomic mass is 9.71. The van der Waals surface area contributed by atoms with E-state index < -0.39 is 0 Å². The zero-order chi connectivity index (χ0) is 13.1. The van der Waals surface area contributed by atoms with Gasteiger partial charge in [0.05, 0.1) is 5.92 Å². The van der Waals surface area contributed by atoms with Crippen LogP contribution in [0, 0.1) is 11.3 Å². The summed E-state index contributed by atoms with van der Waals surface area (Å²) >= 11 is 0. The van der Waals surface area contributed by atoms with E-state index in [1.165, 1.54) is 32.1 Å². The van der Waals surface area contributed by atoms with Gasteiger partial charge in [-0.05, 0) is 31.1 Å². The van der Waals surface area contributed by atoms with Crippen molar-refractivity contribution in [2.75, 3.05) is 26.3 Å². The summed E-state index contributed by atoms with van der Waals surface area (Å²) in [7, 11) is 0. The first-order valence-corrected chi connectivity index (χ1v) is 7.89. The summed E-state index contributed by atoms with van der Waals surface area (Å²) in [6, 6.07) is 0.429. The third-order valence-corrected chi connectivity index (χ3v) is 5.32. The molecule has 4 heteroatoms. The second-order valence-electron chi connectivity index (χ2n) is 6.50. The molecule has 2 saturated heterocycles. The maximum absolute atomic E-state index is 12.6. The number of hydrogen-bond donors (Lipinski definition) is 2. The minimum atomic E-state index is 0.151. The van der Waals surface area contributed by atoms with Crippen LogP contribution in [0.4, 0.5) is 0 Å². The number of ether oxygens (including phenoxy) is 1. The van der Waals surface area contributed by atoms with E-state index in [1.807, 2.05) is 0 Å². The van der Waals surface area contributed by atoms with Gasteiger partial charge < -0.3 is 15.4 Å². The Balaban J connectivity index is 1.61. The van der Waals surface area contributed by atoms with Crippen LogP contribution < -0.4 is 10.6 Å². The van der Waals surface area contributed by atoms with Crippen LogP contribution in [0.15, 0.2) is 0 Å². The fourth-order valence-corrected chi connectivity index (χ4v) is 4.03. The van der Waals surface area contributed by atoms with Gasteiger partial charge >= 0.3 is 0 Å². The lowest BCUT2D eigenvalue weighted by molar-refractivity contribution is -0.130. The zero-order valence-corrected chi connectivity index (χ0v) is 11.7. The number of rotatable bonds is 2. The SMILES string of the molecule is O=C(NC1CCCCC1)[C@@H]1CNCC12CCOCC2. The number of amides is 1. The van der Waals surface area contributed by atoms with Crippen LogP contribution in [0.2, 0.25) is 0 Å². The Morgan fingerprint density at radius 2 is 1.89 bits per heavy atom. The molecule has 2 aliphatic heterocycles. The topological polar surface area (TPSA) is 50.4 Å². The Kier molecular flexibility index (Phi) is 4.08. The number of nitrogens with one attached hydrogen (secondary N) is 2. The molecule has 4 nitrogen and oxygen atoms in total. The molecule has 3 aliphatic rings. The van der Waals surface area contributed by atoms with Crippen molar-refractivity contribution in [3.63, 3.8) is 0 Å². The molecule has 0 aromatic heterocycles. The molecule has 3 fully saturated rings. The van der Waals surface area contributed by atoms with Gasteiger partial charge in [0.2, 0.25) is 5.91 Å². The lowest BCUT2D eigenvalue weighted by Gasteiger charge is -2.38. The molecule has 1 atom stereocenters. The molecule has 1 spiro atoms. The number of hydrogen-bond acceptors (Lipinski definition) is 3. The van der Waals surface area contributed by atoms with Crippen molar-refractivity contribution in [2.45, 2.75) is 51.0 Å². The van der Waals surface area contributed by atoms with Crippen molar-refractivity contribution < 1.29 is 9.53 Å². The Morgan fingerprint density at radius 1 is 1.16 bits per heavy atom. The molecule has 0 bridgehead atoms. The molecular formula is C15H26N2O2. The van der Waals surface area contributed by atoms with Crippen molar-refractivity contribution >= 4 is 5.91 Å². The molecular weight excluding hydrogens is 240 g/mol. The van der Waals surface area contributed by atoms with Gasteiger partial charge in [-0.3, -0.25) is 4.79 Å². The van der Waals surface area contributed by atoms with E-state index in [2.05, 4.69) is 10.6 Å². The summed E-state index contributed by atoms with van der Waals surface area (Å²) in [5.74, 6) is 0.442. The average Bonchev–Trinajstić information content (AvgIpc) is 2.84. The number of carbonyl (C=O) groups excluding carboxylic acids is 1. The maximum atomic E-state index is 12.6. The summed E-state index contributed by atoms with van der Waals surface area (Å²) in [4.78, 5) is 12.6. The summed E-state index contributed by atoms with van der Waals surface area (Å²) in [6.45, 7) is 3.46. The van der Waals surface area contributed by atoms with Crippen molar-refractivity contribution in [3.05, 3.63) is 0 Å². The molecule has 0 aromatic rings. The van der Waals surface area contributed by atoms with E-state index in [0.29, 0.717) is 11.9 Å². The first-order chi connectivity index (χ1) is 9.30. The van der Waals surface area contributed by atoms with Crippen LogP contribution in [0.1, 0.15) is 44.9 Å². The van der Waals surface area contributed by atoms with Gasteiger partial charge in [0.1, 0.15) is 0 Å². The van der Waals surface area contributed by atoms with Gasteiger partial charge in [-0.25, -0.2) is 0 Å². The normalized spacial score (nSPS) is 31.5. The van der Waals surface area contributed by atoms with Gasteiger partial charge in [0.15, 0.2) is 0 Å².